The van der Waals surface area contributed by atoms with Crippen LogP contribution in [0.15, 0.2) is 28.2 Å². The minimum Gasteiger partial charge on any atom is -0.495 e. The molecule has 6 nitrogen and oxygen atoms in total. The molecule has 0 aliphatic rings. The molecule has 0 unspecified atom stereocenters. The summed E-state index contributed by atoms with van der Waals surface area (Å²) in [5.74, 6) is 0.364. The van der Waals surface area contributed by atoms with Gasteiger partial charge in [0.1, 0.15) is 5.75 Å². The summed E-state index contributed by atoms with van der Waals surface area (Å²) in [6.45, 7) is 3.46. The number of nitrogens with zero attached hydrogens (tertiary/aromatic N) is 1. The van der Waals surface area contributed by atoms with Crippen molar-refractivity contribution in [3.63, 3.8) is 0 Å². The minimum absolute atomic E-state index is 0.0983. The molecule has 1 aromatic carbocycles. The van der Waals surface area contributed by atoms with Crippen LogP contribution in [0.25, 0.3) is 0 Å². The highest BCUT2D eigenvalue weighted by Gasteiger charge is 2.11. The highest BCUT2D eigenvalue weighted by Crippen LogP contribution is 2.27. The Kier molecular flexibility index (Phi) is 5.68. The number of methoxy groups -OCH3 is 1. The molecule has 0 aliphatic heterocycles. The van der Waals surface area contributed by atoms with Crippen LogP contribution in [0.1, 0.15) is 11.3 Å². The maximum atomic E-state index is 12.1. The number of carbonyl (C=O) groups is 1. The summed E-state index contributed by atoms with van der Waals surface area (Å²) in [7, 11) is 1.51. The van der Waals surface area contributed by atoms with Crippen molar-refractivity contribution in [3.8, 4) is 5.75 Å². The number of hydrogen-bond acceptors (Lipinski definition) is 5. The quantitative estimate of drug-likeness (QED) is 0.637. The molecule has 122 valence electrons. The highest BCUT2D eigenvalue weighted by molar-refractivity contribution is 7.99. The van der Waals surface area contributed by atoms with Crippen molar-refractivity contribution in [2.24, 2.45) is 0 Å². The Morgan fingerprint density at radius 3 is 2.83 bits per heavy atom. The van der Waals surface area contributed by atoms with Gasteiger partial charge < -0.3 is 15.0 Å². The molecule has 2 N–H and O–H groups in total. The lowest BCUT2D eigenvalue weighted by Crippen LogP contribution is -2.17. The molecular formula is C15H16ClN3O3S. The minimum atomic E-state index is -0.253. The van der Waals surface area contributed by atoms with Gasteiger partial charge in [-0.25, -0.2) is 4.98 Å². The van der Waals surface area contributed by atoms with E-state index in [1.807, 2.05) is 0 Å². The molecule has 0 spiro atoms. The van der Waals surface area contributed by atoms with Crippen molar-refractivity contribution >= 4 is 35.0 Å². The number of ether oxygens (including phenoxy) is 1. The number of hydrogen-bond donors (Lipinski definition) is 2. The number of aryl methyl sites for hydroxylation is 1. The smallest absolute Gasteiger partial charge is 0.254 e. The van der Waals surface area contributed by atoms with E-state index in [1.54, 1.807) is 32.0 Å². The van der Waals surface area contributed by atoms with Crippen molar-refractivity contribution in [2.45, 2.75) is 19.0 Å². The molecule has 0 fully saturated rings. The van der Waals surface area contributed by atoms with Gasteiger partial charge in [-0.15, -0.1) is 0 Å². The summed E-state index contributed by atoms with van der Waals surface area (Å²) < 4.78 is 5.17. The van der Waals surface area contributed by atoms with E-state index in [0.29, 0.717) is 32.9 Å². The third kappa shape index (κ3) is 4.49. The topological polar surface area (TPSA) is 84.1 Å². The molecule has 0 bridgehead atoms. The van der Waals surface area contributed by atoms with Crippen LogP contribution in [-0.2, 0) is 4.79 Å². The average Bonchev–Trinajstić information content (AvgIpc) is 2.50. The van der Waals surface area contributed by atoms with E-state index < -0.39 is 0 Å². The monoisotopic (exact) mass is 353 g/mol. The summed E-state index contributed by atoms with van der Waals surface area (Å²) in [4.78, 5) is 30.6. The van der Waals surface area contributed by atoms with E-state index in [9.17, 15) is 9.59 Å². The van der Waals surface area contributed by atoms with Crippen LogP contribution in [0.5, 0.6) is 5.75 Å². The second kappa shape index (κ2) is 7.52. The Morgan fingerprint density at radius 1 is 1.43 bits per heavy atom. The van der Waals surface area contributed by atoms with Crippen LogP contribution in [0.2, 0.25) is 5.02 Å². The molecule has 1 aromatic heterocycles. The first-order chi connectivity index (χ1) is 10.9. The van der Waals surface area contributed by atoms with Gasteiger partial charge in [-0.1, -0.05) is 23.4 Å². The van der Waals surface area contributed by atoms with Crippen LogP contribution < -0.4 is 15.6 Å². The van der Waals surface area contributed by atoms with Gasteiger partial charge in [0.15, 0.2) is 5.16 Å². The van der Waals surface area contributed by atoms with Gasteiger partial charge in [0.05, 0.1) is 18.6 Å². The lowest BCUT2D eigenvalue weighted by Gasteiger charge is -2.10. The zero-order valence-electron chi connectivity index (χ0n) is 12.9. The first kappa shape index (κ1) is 17.4. The second-order valence-corrected chi connectivity index (χ2v) is 6.16. The van der Waals surface area contributed by atoms with Gasteiger partial charge in [0, 0.05) is 16.3 Å². The van der Waals surface area contributed by atoms with E-state index in [1.165, 1.54) is 7.11 Å². The maximum Gasteiger partial charge on any atom is 0.254 e. The van der Waals surface area contributed by atoms with E-state index in [-0.39, 0.29) is 17.2 Å². The Morgan fingerprint density at radius 2 is 2.17 bits per heavy atom. The summed E-state index contributed by atoms with van der Waals surface area (Å²) in [5, 5.41) is 3.63. The van der Waals surface area contributed by atoms with E-state index in [4.69, 9.17) is 16.3 Å². The first-order valence-electron chi connectivity index (χ1n) is 6.74. The standard InChI is InChI=1S/C15H16ClN3O3S/c1-8-9(2)17-15(19-14(8)21)23-7-13(20)18-11-6-10(16)4-5-12(11)22-3/h4-6H,7H2,1-3H3,(H,18,20)(H,17,19,21). The number of amides is 1. The molecule has 23 heavy (non-hydrogen) atoms. The number of aromatic nitrogens is 2. The van der Waals surface area contributed by atoms with Crippen molar-refractivity contribution in [1.29, 1.82) is 0 Å². The van der Waals surface area contributed by atoms with Crippen molar-refractivity contribution in [1.82, 2.24) is 9.97 Å². The zero-order chi connectivity index (χ0) is 17.0. The van der Waals surface area contributed by atoms with Crippen LogP contribution in [0.4, 0.5) is 5.69 Å². The summed E-state index contributed by atoms with van der Waals surface area (Å²) >= 11 is 7.07. The lowest BCUT2D eigenvalue weighted by atomic mass is 10.3. The van der Waals surface area contributed by atoms with Crippen molar-refractivity contribution in [3.05, 3.63) is 44.8 Å². The zero-order valence-corrected chi connectivity index (χ0v) is 14.5. The molecule has 0 saturated carbocycles. The first-order valence-corrected chi connectivity index (χ1v) is 8.10. The number of thioether (sulfide) groups is 1. The van der Waals surface area contributed by atoms with Gasteiger partial charge in [-0.2, -0.15) is 0 Å². The number of benzene rings is 1. The van der Waals surface area contributed by atoms with Gasteiger partial charge in [0.2, 0.25) is 5.91 Å². The molecule has 1 heterocycles. The van der Waals surface area contributed by atoms with Crippen molar-refractivity contribution in [2.75, 3.05) is 18.2 Å². The summed E-state index contributed by atoms with van der Waals surface area (Å²) in [6, 6.07) is 4.96. The fraction of sp³-hybridized carbons (Fsp3) is 0.267. The number of nitrogens with one attached hydrogen (secondary N) is 2. The average molecular weight is 354 g/mol. The molecule has 1 amide bonds. The van der Waals surface area contributed by atoms with Gasteiger partial charge in [-0.3, -0.25) is 9.59 Å². The summed E-state index contributed by atoms with van der Waals surface area (Å²) in [5.41, 5.74) is 1.51. The molecule has 2 aromatic rings. The molecule has 0 aliphatic carbocycles. The largest absolute Gasteiger partial charge is 0.495 e. The van der Waals surface area contributed by atoms with E-state index in [0.717, 1.165) is 11.8 Å². The molecular weight excluding hydrogens is 338 g/mol. The van der Waals surface area contributed by atoms with Crippen LogP contribution in [0, 0.1) is 13.8 Å². The van der Waals surface area contributed by atoms with Crippen molar-refractivity contribution < 1.29 is 9.53 Å². The number of H-pyrrole nitrogens is 1. The molecule has 0 atom stereocenters. The number of anilines is 1. The Balaban J connectivity index is 2.03. The predicted octanol–water partition coefficient (Wildman–Crippen LogP) is 2.78. The van der Waals surface area contributed by atoms with Gasteiger partial charge in [-0.05, 0) is 32.0 Å². The molecule has 2 rings (SSSR count). The lowest BCUT2D eigenvalue weighted by molar-refractivity contribution is -0.113. The predicted molar refractivity (Wildman–Crippen MR) is 91.7 cm³/mol. The number of rotatable bonds is 5. The fourth-order valence-corrected chi connectivity index (χ4v) is 2.66. The third-order valence-corrected chi connectivity index (χ3v) is 4.26. The Labute approximate surface area is 142 Å². The van der Waals surface area contributed by atoms with E-state index in [2.05, 4.69) is 15.3 Å². The summed E-state index contributed by atoms with van der Waals surface area (Å²) in [6.07, 6.45) is 0. The van der Waals surface area contributed by atoms with Crippen LogP contribution in [-0.4, -0.2) is 28.7 Å². The van der Waals surface area contributed by atoms with E-state index >= 15 is 0 Å². The van der Waals surface area contributed by atoms with Gasteiger partial charge in [0.25, 0.3) is 5.56 Å². The Hall–Kier alpha value is -1.99. The number of halogens is 1. The molecule has 8 heteroatoms. The third-order valence-electron chi connectivity index (χ3n) is 3.15. The van der Waals surface area contributed by atoms with Gasteiger partial charge >= 0.3 is 0 Å². The second-order valence-electron chi connectivity index (χ2n) is 4.76. The molecule has 0 radical (unpaired) electrons. The fourth-order valence-electron chi connectivity index (χ4n) is 1.79. The SMILES string of the molecule is COc1ccc(Cl)cc1NC(=O)CSc1nc(C)c(C)c(=O)[nH]1. The normalized spacial score (nSPS) is 10.4. The molecule has 0 saturated heterocycles. The highest BCUT2D eigenvalue weighted by atomic mass is 35.5. The number of aromatic amines is 1. The van der Waals surface area contributed by atoms with Crippen LogP contribution in [0.3, 0.4) is 0 Å². The Bertz CT molecular complexity index is 792. The number of carbonyl (C=O) groups excluding carboxylic acids is 1. The maximum absolute atomic E-state index is 12.1. The van der Waals surface area contributed by atoms with Crippen LogP contribution >= 0.6 is 23.4 Å².